The van der Waals surface area contributed by atoms with Gasteiger partial charge in [0.25, 0.3) is 5.56 Å². The first kappa shape index (κ1) is 22.0. The summed E-state index contributed by atoms with van der Waals surface area (Å²) < 4.78 is 6.48. The zero-order valence-electron chi connectivity index (χ0n) is 19.2. The van der Waals surface area contributed by atoms with Gasteiger partial charge in [-0.1, -0.05) is 37.6 Å². The molecule has 0 unspecified atom stereocenters. The summed E-state index contributed by atoms with van der Waals surface area (Å²) in [5.74, 6) is 0.0795. The van der Waals surface area contributed by atoms with E-state index in [1.165, 1.54) is 6.20 Å². The van der Waals surface area contributed by atoms with Crippen LogP contribution in [0.15, 0.2) is 47.4 Å². The summed E-state index contributed by atoms with van der Waals surface area (Å²) in [5.41, 5.74) is -0.385. The highest BCUT2D eigenvalue weighted by Crippen LogP contribution is 2.56. The van der Waals surface area contributed by atoms with Crippen LogP contribution >= 0.6 is 0 Å². The Labute approximate surface area is 193 Å². The molecule has 2 fully saturated rings. The van der Waals surface area contributed by atoms with Gasteiger partial charge < -0.3 is 19.9 Å². The van der Waals surface area contributed by atoms with Gasteiger partial charge in [0.2, 0.25) is 0 Å². The fourth-order valence-electron chi connectivity index (χ4n) is 6.62. The molecule has 2 aromatic rings. The van der Waals surface area contributed by atoms with Gasteiger partial charge in [0, 0.05) is 11.8 Å². The Bertz CT molecular complexity index is 1160. The number of hydrogen-bond donors (Lipinski definition) is 3. The molecule has 2 aliphatic carbocycles. The van der Waals surface area contributed by atoms with Crippen molar-refractivity contribution < 1.29 is 19.7 Å². The number of nitrogens with one attached hydrogen (secondary N) is 1. The molecule has 1 aliphatic heterocycles. The number of rotatable bonds is 2. The molecule has 0 amide bonds. The SMILES string of the molecule is C/C=C/[C@@H]1[C@@H]2C[C@@H](C)CC[C@@H]2[C@](C)(O)[C@@H]2Oc3c(-c4ccc(O)cc4)c[nH]c(=O)c3C(=O)[C@@H]12. The van der Waals surface area contributed by atoms with Crippen molar-refractivity contribution in [1.29, 1.82) is 0 Å². The second-order valence-corrected chi connectivity index (χ2v) is 10.2. The number of Topliss-reactive ketones (excluding diaryl/α,β-unsaturated/α-hetero) is 1. The van der Waals surface area contributed by atoms with Crippen LogP contribution in [0.4, 0.5) is 0 Å². The van der Waals surface area contributed by atoms with Crippen molar-refractivity contribution in [3.05, 3.63) is 58.5 Å². The van der Waals surface area contributed by atoms with Gasteiger partial charge in [-0.3, -0.25) is 9.59 Å². The summed E-state index contributed by atoms with van der Waals surface area (Å²) in [6.45, 7) is 5.98. The number of ketones is 1. The lowest BCUT2D eigenvalue weighted by molar-refractivity contribution is -0.177. The van der Waals surface area contributed by atoms with Gasteiger partial charge >= 0.3 is 0 Å². The van der Waals surface area contributed by atoms with Crippen LogP contribution in [-0.4, -0.2) is 32.7 Å². The molecule has 0 bridgehead atoms. The molecule has 2 saturated carbocycles. The third kappa shape index (κ3) is 3.34. The van der Waals surface area contributed by atoms with Crippen LogP contribution in [0.25, 0.3) is 11.1 Å². The Morgan fingerprint density at radius 2 is 1.91 bits per heavy atom. The van der Waals surface area contributed by atoms with E-state index in [2.05, 4.69) is 18.0 Å². The lowest BCUT2D eigenvalue weighted by Crippen LogP contribution is -2.66. The number of aromatic amines is 1. The first-order valence-electron chi connectivity index (χ1n) is 11.8. The maximum absolute atomic E-state index is 14.0. The van der Waals surface area contributed by atoms with Crippen molar-refractivity contribution in [2.75, 3.05) is 0 Å². The summed E-state index contributed by atoms with van der Waals surface area (Å²) in [7, 11) is 0. The Balaban J connectivity index is 1.68. The van der Waals surface area contributed by atoms with Gasteiger partial charge in [-0.25, -0.2) is 0 Å². The van der Waals surface area contributed by atoms with Crippen LogP contribution in [-0.2, 0) is 0 Å². The molecular weight excluding hydrogens is 418 g/mol. The molecule has 2 heterocycles. The molecule has 5 rings (SSSR count). The summed E-state index contributed by atoms with van der Waals surface area (Å²) in [6.07, 6.45) is 7.72. The van der Waals surface area contributed by atoms with E-state index < -0.39 is 23.2 Å². The Hall–Kier alpha value is -2.86. The van der Waals surface area contributed by atoms with Crippen molar-refractivity contribution in [3.63, 3.8) is 0 Å². The highest BCUT2D eigenvalue weighted by Gasteiger charge is 2.61. The number of allylic oxidation sites excluding steroid dienone is 2. The number of pyridine rings is 1. The number of phenols is 1. The predicted octanol–water partition coefficient (Wildman–Crippen LogP) is 4.32. The minimum atomic E-state index is -1.20. The number of carbonyl (C=O) groups excluding carboxylic acids is 1. The second kappa shape index (κ2) is 7.87. The molecule has 1 aromatic heterocycles. The average Bonchev–Trinajstić information content (AvgIpc) is 2.77. The number of H-pyrrole nitrogens is 1. The second-order valence-electron chi connectivity index (χ2n) is 10.2. The van der Waals surface area contributed by atoms with E-state index in [1.807, 2.05) is 13.0 Å². The Morgan fingerprint density at radius 1 is 1.18 bits per heavy atom. The van der Waals surface area contributed by atoms with Crippen LogP contribution in [0.1, 0.15) is 50.4 Å². The number of hydrogen-bond acceptors (Lipinski definition) is 5. The molecule has 0 radical (unpaired) electrons. The van der Waals surface area contributed by atoms with E-state index in [0.29, 0.717) is 17.0 Å². The number of aromatic hydroxyl groups is 1. The standard InChI is InChI=1S/C27H31NO5/c1-4-5-17-18-12-14(2)6-11-20(18)27(3,32)25-21(17)23(30)22-24(33-25)19(13-28-26(22)31)15-7-9-16(29)10-8-15/h4-5,7-10,13-14,17-18,20-21,25,29,32H,6,11-12H2,1-3H3,(H,28,31)/b5-4+/t14-,17+,18-,20-,21+,25+,27-/m0/s1. The van der Waals surface area contributed by atoms with Crippen LogP contribution < -0.4 is 10.3 Å². The van der Waals surface area contributed by atoms with Crippen molar-refractivity contribution in [2.45, 2.75) is 51.7 Å². The number of carbonyl (C=O) groups is 1. The van der Waals surface area contributed by atoms with Crippen molar-refractivity contribution in [3.8, 4) is 22.6 Å². The van der Waals surface area contributed by atoms with Crippen LogP contribution in [0.5, 0.6) is 11.5 Å². The summed E-state index contributed by atoms with van der Waals surface area (Å²) in [4.78, 5) is 29.5. The molecule has 6 heteroatoms. The fraction of sp³-hybridized carbons (Fsp3) is 0.481. The largest absolute Gasteiger partial charge is 0.508 e. The number of ether oxygens (including phenoxy) is 1. The van der Waals surface area contributed by atoms with Crippen molar-refractivity contribution >= 4 is 5.78 Å². The number of phenolic OH excluding ortho intramolecular Hbond substituents is 1. The monoisotopic (exact) mass is 449 g/mol. The van der Waals surface area contributed by atoms with E-state index >= 15 is 0 Å². The van der Waals surface area contributed by atoms with Gasteiger partial charge in [-0.15, -0.1) is 0 Å². The van der Waals surface area contributed by atoms with Crippen LogP contribution in [0.2, 0.25) is 0 Å². The zero-order chi connectivity index (χ0) is 23.5. The molecule has 3 aliphatic rings. The van der Waals surface area contributed by atoms with Gasteiger partial charge in [0.15, 0.2) is 5.78 Å². The van der Waals surface area contributed by atoms with Crippen LogP contribution in [0.3, 0.4) is 0 Å². The summed E-state index contributed by atoms with van der Waals surface area (Å²) >= 11 is 0. The first-order chi connectivity index (χ1) is 15.7. The van der Waals surface area contributed by atoms with Gasteiger partial charge in [0.05, 0.1) is 5.92 Å². The normalized spacial score (nSPS) is 35.5. The van der Waals surface area contributed by atoms with E-state index in [1.54, 1.807) is 31.2 Å². The number of benzene rings is 1. The topological polar surface area (TPSA) is 99.6 Å². The third-order valence-corrected chi connectivity index (χ3v) is 8.16. The van der Waals surface area contributed by atoms with E-state index in [4.69, 9.17) is 4.74 Å². The first-order valence-corrected chi connectivity index (χ1v) is 11.8. The molecule has 7 atom stereocenters. The number of fused-ring (bicyclic) bond motifs is 3. The molecule has 6 nitrogen and oxygen atoms in total. The maximum Gasteiger partial charge on any atom is 0.262 e. The minimum absolute atomic E-state index is 0.0182. The molecule has 1 aromatic carbocycles. The smallest absolute Gasteiger partial charge is 0.262 e. The lowest BCUT2D eigenvalue weighted by Gasteiger charge is -2.57. The molecule has 0 saturated heterocycles. The highest BCUT2D eigenvalue weighted by molar-refractivity contribution is 6.03. The van der Waals surface area contributed by atoms with Gasteiger partial charge in [0.1, 0.15) is 28.8 Å². The molecule has 3 N–H and O–H groups in total. The van der Waals surface area contributed by atoms with Gasteiger partial charge in [-0.05, 0) is 68.1 Å². The molecule has 33 heavy (non-hydrogen) atoms. The van der Waals surface area contributed by atoms with E-state index in [-0.39, 0.29) is 40.6 Å². The van der Waals surface area contributed by atoms with Crippen LogP contribution in [0, 0.1) is 29.6 Å². The quantitative estimate of drug-likeness (QED) is 0.593. The van der Waals surface area contributed by atoms with E-state index in [9.17, 15) is 19.8 Å². The third-order valence-electron chi connectivity index (χ3n) is 8.16. The Kier molecular flexibility index (Phi) is 5.24. The molecular formula is C27H31NO5. The van der Waals surface area contributed by atoms with Crippen molar-refractivity contribution in [2.24, 2.45) is 29.6 Å². The maximum atomic E-state index is 14.0. The Morgan fingerprint density at radius 3 is 2.61 bits per heavy atom. The van der Waals surface area contributed by atoms with E-state index in [0.717, 1.165) is 19.3 Å². The number of aliphatic hydroxyl groups is 1. The predicted molar refractivity (Wildman–Crippen MR) is 125 cm³/mol. The average molecular weight is 450 g/mol. The molecule has 174 valence electrons. The van der Waals surface area contributed by atoms with Crippen molar-refractivity contribution in [1.82, 2.24) is 4.98 Å². The lowest BCUT2D eigenvalue weighted by atomic mass is 9.52. The summed E-state index contributed by atoms with van der Waals surface area (Å²) in [5, 5.41) is 21.5. The van der Waals surface area contributed by atoms with Gasteiger partial charge in [-0.2, -0.15) is 0 Å². The zero-order valence-corrected chi connectivity index (χ0v) is 19.2. The fourth-order valence-corrected chi connectivity index (χ4v) is 6.62. The number of aromatic nitrogens is 1. The minimum Gasteiger partial charge on any atom is -0.508 e. The highest BCUT2D eigenvalue weighted by atomic mass is 16.5. The molecule has 0 spiro atoms. The summed E-state index contributed by atoms with van der Waals surface area (Å²) in [6, 6.07) is 6.52.